The van der Waals surface area contributed by atoms with Crippen LogP contribution in [0, 0.1) is 0 Å². The summed E-state index contributed by atoms with van der Waals surface area (Å²) < 4.78 is 6.36. The first-order valence-electron chi connectivity index (χ1n) is 11.2. The van der Waals surface area contributed by atoms with Crippen molar-refractivity contribution in [3.63, 3.8) is 0 Å². The second-order valence-electron chi connectivity index (χ2n) is 8.94. The second-order valence-corrected chi connectivity index (χ2v) is 8.94. The second kappa shape index (κ2) is 9.17. The first kappa shape index (κ1) is 20.9. The van der Waals surface area contributed by atoms with Crippen molar-refractivity contribution in [1.82, 2.24) is 14.8 Å². The molecule has 4 rings (SSSR count). The quantitative estimate of drug-likeness (QED) is 0.725. The Bertz CT molecular complexity index is 848. The normalized spacial score (nSPS) is 22.7. The predicted octanol–water partition coefficient (Wildman–Crippen LogP) is 4.03. The van der Waals surface area contributed by atoms with Gasteiger partial charge in [0.1, 0.15) is 11.2 Å². The van der Waals surface area contributed by atoms with Crippen LogP contribution >= 0.6 is 0 Å². The van der Waals surface area contributed by atoms with Gasteiger partial charge in [0.2, 0.25) is 5.91 Å². The molecule has 5 heteroatoms. The number of aromatic nitrogens is 1. The lowest BCUT2D eigenvalue weighted by Crippen LogP contribution is -2.54. The number of amides is 1. The molecule has 1 atom stereocenters. The lowest BCUT2D eigenvalue weighted by molar-refractivity contribution is -0.137. The molecule has 1 unspecified atom stereocenters. The molecule has 0 bridgehead atoms. The standard InChI is InChI=1S/C25H33N3O2/c1-27(2)24(29)25(23-14-7-8-16-26-23)15-9-17-28(19-25)18-20-10-3-6-13-22(20)30-21-11-4-5-12-21/h3,6-8,10,13-14,16,21H,4-5,9,11-12,15,17-19H2,1-2H3. The number of ether oxygens (including phenoxy) is 1. The molecule has 0 N–H and O–H groups in total. The number of carbonyl (C=O) groups is 1. The summed E-state index contributed by atoms with van der Waals surface area (Å²) in [5.74, 6) is 1.14. The lowest BCUT2D eigenvalue weighted by atomic mass is 9.75. The van der Waals surface area contributed by atoms with Crippen LogP contribution in [-0.4, -0.2) is 54.0 Å². The molecule has 2 aromatic rings. The Morgan fingerprint density at radius 2 is 1.90 bits per heavy atom. The molecule has 1 amide bonds. The van der Waals surface area contributed by atoms with E-state index in [4.69, 9.17) is 4.74 Å². The average molecular weight is 408 g/mol. The number of pyridine rings is 1. The molecule has 1 aliphatic carbocycles. The van der Waals surface area contributed by atoms with Crippen molar-refractivity contribution in [3.8, 4) is 5.75 Å². The van der Waals surface area contributed by atoms with Crippen molar-refractivity contribution in [1.29, 1.82) is 0 Å². The van der Waals surface area contributed by atoms with E-state index < -0.39 is 5.41 Å². The fourth-order valence-electron chi connectivity index (χ4n) is 5.02. The summed E-state index contributed by atoms with van der Waals surface area (Å²) in [7, 11) is 3.69. The molecule has 2 aliphatic rings. The smallest absolute Gasteiger partial charge is 0.235 e. The van der Waals surface area contributed by atoms with Gasteiger partial charge in [-0.25, -0.2) is 0 Å². The van der Waals surface area contributed by atoms with Crippen LogP contribution in [0.3, 0.4) is 0 Å². The topological polar surface area (TPSA) is 45.7 Å². The highest BCUT2D eigenvalue weighted by Crippen LogP contribution is 2.36. The number of hydrogen-bond donors (Lipinski definition) is 0. The van der Waals surface area contributed by atoms with Crippen LogP contribution in [0.1, 0.15) is 49.8 Å². The fourth-order valence-corrected chi connectivity index (χ4v) is 5.02. The molecule has 1 aromatic carbocycles. The number of hydrogen-bond acceptors (Lipinski definition) is 4. The number of piperidine rings is 1. The minimum Gasteiger partial charge on any atom is -0.490 e. The van der Waals surface area contributed by atoms with E-state index in [-0.39, 0.29) is 5.91 Å². The number of likely N-dealkylation sites (tertiary alicyclic amines) is 1. The maximum Gasteiger partial charge on any atom is 0.235 e. The van der Waals surface area contributed by atoms with Crippen LogP contribution < -0.4 is 4.74 Å². The third-order valence-electron chi connectivity index (χ3n) is 6.50. The van der Waals surface area contributed by atoms with Crippen LogP contribution in [0.25, 0.3) is 0 Å². The summed E-state index contributed by atoms with van der Waals surface area (Å²) in [4.78, 5) is 22.1. The van der Waals surface area contributed by atoms with Crippen LogP contribution in [0.15, 0.2) is 48.7 Å². The minimum atomic E-state index is -0.593. The van der Waals surface area contributed by atoms with Crippen molar-refractivity contribution in [2.24, 2.45) is 0 Å². The summed E-state index contributed by atoms with van der Waals surface area (Å²) in [5, 5.41) is 0. The Morgan fingerprint density at radius 3 is 2.63 bits per heavy atom. The third-order valence-corrected chi connectivity index (χ3v) is 6.50. The van der Waals surface area contributed by atoms with E-state index in [0.29, 0.717) is 12.6 Å². The van der Waals surface area contributed by atoms with Gasteiger partial charge in [0, 0.05) is 38.9 Å². The summed E-state index contributed by atoms with van der Waals surface area (Å²) in [6.07, 6.45) is 8.77. The van der Waals surface area contributed by atoms with Crippen molar-refractivity contribution < 1.29 is 9.53 Å². The van der Waals surface area contributed by atoms with Gasteiger partial charge in [-0.3, -0.25) is 14.7 Å². The van der Waals surface area contributed by atoms with Crippen LogP contribution in [0.4, 0.5) is 0 Å². The van der Waals surface area contributed by atoms with E-state index in [1.807, 2.05) is 32.3 Å². The fraction of sp³-hybridized carbons (Fsp3) is 0.520. The van der Waals surface area contributed by atoms with Crippen molar-refractivity contribution in [2.75, 3.05) is 27.2 Å². The number of nitrogens with zero attached hydrogens (tertiary/aromatic N) is 3. The van der Waals surface area contributed by atoms with Gasteiger partial charge >= 0.3 is 0 Å². The number of rotatable bonds is 6. The zero-order valence-corrected chi connectivity index (χ0v) is 18.2. The SMILES string of the molecule is CN(C)C(=O)C1(c2ccccn2)CCCN(Cc2ccccc2OC2CCCC2)C1. The highest BCUT2D eigenvalue weighted by molar-refractivity contribution is 5.88. The van der Waals surface area contributed by atoms with Gasteiger partial charge < -0.3 is 9.64 Å². The van der Waals surface area contributed by atoms with Gasteiger partial charge in [0.15, 0.2) is 0 Å². The van der Waals surface area contributed by atoms with Crippen molar-refractivity contribution in [2.45, 2.75) is 56.6 Å². The van der Waals surface area contributed by atoms with Gasteiger partial charge in [0.05, 0.1) is 11.8 Å². The monoisotopic (exact) mass is 407 g/mol. The largest absolute Gasteiger partial charge is 0.490 e. The van der Waals surface area contributed by atoms with Gasteiger partial charge in [0.25, 0.3) is 0 Å². The Labute approximate surface area is 180 Å². The van der Waals surface area contributed by atoms with E-state index in [1.54, 1.807) is 11.1 Å². The number of benzene rings is 1. The van der Waals surface area contributed by atoms with Crippen LogP contribution in [0.2, 0.25) is 0 Å². The first-order chi connectivity index (χ1) is 14.6. The molecule has 30 heavy (non-hydrogen) atoms. The minimum absolute atomic E-state index is 0.140. The zero-order valence-electron chi connectivity index (χ0n) is 18.2. The van der Waals surface area contributed by atoms with Gasteiger partial charge in [-0.15, -0.1) is 0 Å². The first-order valence-corrected chi connectivity index (χ1v) is 11.2. The molecule has 2 fully saturated rings. The summed E-state index contributed by atoms with van der Waals surface area (Å²) >= 11 is 0. The number of carbonyl (C=O) groups excluding carboxylic acids is 1. The lowest BCUT2D eigenvalue weighted by Gasteiger charge is -2.42. The predicted molar refractivity (Wildman–Crippen MR) is 118 cm³/mol. The maximum atomic E-state index is 13.3. The van der Waals surface area contributed by atoms with E-state index in [9.17, 15) is 4.79 Å². The zero-order chi connectivity index (χ0) is 21.0. The summed E-state index contributed by atoms with van der Waals surface area (Å²) in [6, 6.07) is 14.3. The molecule has 0 radical (unpaired) electrons. The van der Waals surface area contributed by atoms with Crippen molar-refractivity contribution in [3.05, 3.63) is 59.9 Å². The van der Waals surface area contributed by atoms with E-state index in [0.717, 1.165) is 50.2 Å². The highest BCUT2D eigenvalue weighted by Gasteiger charge is 2.45. The van der Waals surface area contributed by atoms with Gasteiger partial charge in [-0.2, -0.15) is 0 Å². The molecule has 0 spiro atoms. The summed E-state index contributed by atoms with van der Waals surface area (Å²) in [5.41, 5.74) is 1.49. The van der Waals surface area contributed by atoms with E-state index >= 15 is 0 Å². The Balaban J connectivity index is 1.57. The molecule has 160 valence electrons. The molecule has 2 heterocycles. The number of likely N-dealkylation sites (N-methyl/N-ethyl adjacent to an activating group) is 1. The molecule has 1 saturated carbocycles. The Morgan fingerprint density at radius 1 is 1.13 bits per heavy atom. The Kier molecular flexibility index (Phi) is 6.38. The number of para-hydroxylation sites is 1. The summed E-state index contributed by atoms with van der Waals surface area (Å²) in [6.45, 7) is 2.45. The third kappa shape index (κ3) is 4.36. The average Bonchev–Trinajstić information content (AvgIpc) is 3.28. The van der Waals surface area contributed by atoms with Crippen LogP contribution in [0.5, 0.6) is 5.75 Å². The molecular weight excluding hydrogens is 374 g/mol. The molecule has 1 aliphatic heterocycles. The van der Waals surface area contributed by atoms with Gasteiger partial charge in [-0.05, 0) is 63.3 Å². The molecular formula is C25H33N3O2. The van der Waals surface area contributed by atoms with E-state index in [1.165, 1.54) is 18.4 Å². The molecule has 1 saturated heterocycles. The van der Waals surface area contributed by atoms with Crippen LogP contribution in [-0.2, 0) is 16.8 Å². The van der Waals surface area contributed by atoms with Gasteiger partial charge in [-0.1, -0.05) is 24.3 Å². The van der Waals surface area contributed by atoms with E-state index in [2.05, 4.69) is 34.1 Å². The highest BCUT2D eigenvalue weighted by atomic mass is 16.5. The molecule has 1 aromatic heterocycles. The Hall–Kier alpha value is -2.40. The van der Waals surface area contributed by atoms with Crippen molar-refractivity contribution >= 4 is 5.91 Å². The maximum absolute atomic E-state index is 13.3. The molecule has 5 nitrogen and oxygen atoms in total.